The Kier molecular flexibility index (Phi) is 7.84. The highest BCUT2D eigenvalue weighted by Crippen LogP contribution is 2.35. The molecule has 4 aromatic rings. The number of aromatic nitrogens is 1. The normalized spacial score (nSPS) is 14.7. The van der Waals surface area contributed by atoms with Crippen molar-refractivity contribution in [2.75, 3.05) is 11.9 Å². The summed E-state index contributed by atoms with van der Waals surface area (Å²) in [5.41, 5.74) is 4.26. The van der Waals surface area contributed by atoms with E-state index in [9.17, 15) is 14.4 Å². The van der Waals surface area contributed by atoms with Gasteiger partial charge in [-0.2, -0.15) is 0 Å². The van der Waals surface area contributed by atoms with E-state index in [1.165, 1.54) is 0 Å². The van der Waals surface area contributed by atoms with Gasteiger partial charge in [0.1, 0.15) is 6.54 Å². The third kappa shape index (κ3) is 5.76. The Labute approximate surface area is 240 Å². The van der Waals surface area contributed by atoms with Crippen LogP contribution in [-0.4, -0.2) is 33.1 Å². The van der Waals surface area contributed by atoms with Gasteiger partial charge < -0.3 is 9.88 Å². The van der Waals surface area contributed by atoms with Crippen LogP contribution in [0.1, 0.15) is 36.5 Å². The van der Waals surface area contributed by atoms with Crippen molar-refractivity contribution in [2.24, 2.45) is 0 Å². The lowest BCUT2D eigenvalue weighted by Gasteiger charge is -2.13. The first kappa shape index (κ1) is 27.1. The first-order chi connectivity index (χ1) is 18.7. The van der Waals surface area contributed by atoms with Gasteiger partial charge in [-0.25, -0.2) is 0 Å². The van der Waals surface area contributed by atoms with E-state index in [-0.39, 0.29) is 11.4 Å². The third-order valence-electron chi connectivity index (χ3n) is 6.53. The van der Waals surface area contributed by atoms with E-state index in [1.54, 1.807) is 24.3 Å². The van der Waals surface area contributed by atoms with Gasteiger partial charge in [0, 0.05) is 44.0 Å². The molecule has 0 atom stereocenters. The molecule has 3 aromatic carbocycles. The molecule has 198 valence electrons. The van der Waals surface area contributed by atoms with Crippen LogP contribution in [0, 0.1) is 0 Å². The topological polar surface area (TPSA) is 71.4 Å². The molecular weight excluding hydrogens is 553 g/mol. The average Bonchev–Trinajstić information content (AvgIpc) is 3.38. The Morgan fingerprint density at radius 1 is 0.974 bits per heavy atom. The molecule has 0 radical (unpaired) electrons. The predicted octanol–water partition coefficient (Wildman–Crippen LogP) is 7.79. The largest absolute Gasteiger partial charge is 0.342 e. The van der Waals surface area contributed by atoms with Crippen LogP contribution >= 0.6 is 35.0 Å². The lowest BCUT2D eigenvalue weighted by molar-refractivity contribution is -0.127. The molecule has 0 saturated carbocycles. The van der Waals surface area contributed by atoms with Crippen molar-refractivity contribution in [3.05, 3.63) is 105 Å². The monoisotopic (exact) mass is 577 g/mol. The Balaban J connectivity index is 1.36. The van der Waals surface area contributed by atoms with Crippen molar-refractivity contribution in [3.8, 4) is 0 Å². The Morgan fingerprint density at radius 3 is 2.36 bits per heavy atom. The zero-order valence-electron chi connectivity index (χ0n) is 21.3. The molecule has 6 nitrogen and oxygen atoms in total. The first-order valence-corrected chi connectivity index (χ1v) is 13.9. The molecule has 0 unspecified atom stereocenters. The zero-order valence-corrected chi connectivity index (χ0v) is 23.6. The molecule has 1 fully saturated rings. The summed E-state index contributed by atoms with van der Waals surface area (Å²) in [5.74, 6) is -0.565. The third-order valence-corrected chi connectivity index (χ3v) is 8.15. The molecule has 0 spiro atoms. The molecule has 1 aromatic heterocycles. The summed E-state index contributed by atoms with van der Waals surface area (Å²) in [4.78, 5) is 39.7. The number of halogens is 2. The first-order valence-electron chi connectivity index (χ1n) is 12.4. The van der Waals surface area contributed by atoms with Gasteiger partial charge in [0.2, 0.25) is 5.91 Å². The van der Waals surface area contributed by atoms with Crippen molar-refractivity contribution < 1.29 is 14.4 Å². The van der Waals surface area contributed by atoms with Gasteiger partial charge >= 0.3 is 0 Å². The molecule has 1 aliphatic heterocycles. The van der Waals surface area contributed by atoms with E-state index in [0.717, 1.165) is 44.3 Å². The van der Waals surface area contributed by atoms with E-state index < -0.39 is 17.1 Å². The maximum absolute atomic E-state index is 13.1. The number of thioether (sulfide) groups is 1. The van der Waals surface area contributed by atoms with Gasteiger partial charge in [-0.15, -0.1) is 0 Å². The molecule has 0 bridgehead atoms. The van der Waals surface area contributed by atoms with E-state index >= 15 is 0 Å². The minimum absolute atomic E-state index is 0.257. The number of nitrogens with zero attached hydrogens (tertiary/aromatic N) is 2. The fraction of sp³-hybridized carbons (Fsp3) is 0.167. The van der Waals surface area contributed by atoms with Crippen LogP contribution in [0.2, 0.25) is 10.0 Å². The van der Waals surface area contributed by atoms with Crippen molar-refractivity contribution in [2.45, 2.75) is 26.3 Å². The van der Waals surface area contributed by atoms with Gasteiger partial charge in [0.05, 0.1) is 11.4 Å². The van der Waals surface area contributed by atoms with Crippen LogP contribution in [-0.2, 0) is 16.1 Å². The van der Waals surface area contributed by atoms with Crippen molar-refractivity contribution in [1.29, 1.82) is 0 Å². The molecule has 1 saturated heterocycles. The highest BCUT2D eigenvalue weighted by Gasteiger charge is 2.36. The van der Waals surface area contributed by atoms with E-state index in [1.807, 2.05) is 59.3 Å². The van der Waals surface area contributed by atoms with Gasteiger partial charge in [-0.3, -0.25) is 19.3 Å². The van der Waals surface area contributed by atoms with Crippen LogP contribution in [0.5, 0.6) is 0 Å². The zero-order chi connectivity index (χ0) is 27.7. The number of hydrogen-bond donors (Lipinski definition) is 1. The van der Waals surface area contributed by atoms with Crippen LogP contribution in [0.25, 0.3) is 17.0 Å². The number of benzene rings is 3. The maximum Gasteiger partial charge on any atom is 0.294 e. The van der Waals surface area contributed by atoms with E-state index in [2.05, 4.69) is 19.2 Å². The number of hydrogen-bond acceptors (Lipinski definition) is 4. The quantitative estimate of drug-likeness (QED) is 0.227. The predicted molar refractivity (Wildman–Crippen MR) is 159 cm³/mol. The Morgan fingerprint density at radius 2 is 1.67 bits per heavy atom. The van der Waals surface area contributed by atoms with E-state index in [4.69, 9.17) is 23.2 Å². The smallest absolute Gasteiger partial charge is 0.294 e. The molecule has 2 heterocycles. The fourth-order valence-electron chi connectivity index (χ4n) is 4.45. The molecule has 3 amide bonds. The van der Waals surface area contributed by atoms with Crippen LogP contribution in [0.3, 0.4) is 0 Å². The van der Waals surface area contributed by atoms with Crippen molar-refractivity contribution in [1.82, 2.24) is 9.47 Å². The summed E-state index contributed by atoms with van der Waals surface area (Å²) in [6.07, 6.45) is 3.60. The molecule has 5 rings (SSSR count). The highest BCUT2D eigenvalue weighted by molar-refractivity contribution is 8.18. The fourth-order valence-corrected chi connectivity index (χ4v) is 5.79. The van der Waals surface area contributed by atoms with Crippen LogP contribution < -0.4 is 5.32 Å². The lowest BCUT2D eigenvalue weighted by Crippen LogP contribution is -2.36. The Bertz CT molecular complexity index is 1610. The summed E-state index contributed by atoms with van der Waals surface area (Å²) in [5, 5.41) is 4.32. The second kappa shape index (κ2) is 11.3. The summed E-state index contributed by atoms with van der Waals surface area (Å²) >= 11 is 13.6. The standard InChI is InChI=1S/C30H25Cl2N3O3S/c1-18(2)19-10-12-21(13-11-19)33-28(36)17-35-29(37)27(39-30(35)38)14-20-15-34(26-9-4-3-6-22(20)26)16-23-24(31)7-5-8-25(23)32/h3-15,18H,16-17H2,1-2H3,(H,33,36)/b27-14-. The second-order valence-electron chi connectivity index (χ2n) is 9.52. The van der Waals surface area contributed by atoms with Gasteiger partial charge in [0.15, 0.2) is 0 Å². The number of anilines is 1. The van der Waals surface area contributed by atoms with Crippen LogP contribution in [0.15, 0.2) is 77.8 Å². The minimum Gasteiger partial charge on any atom is -0.342 e. The van der Waals surface area contributed by atoms with Gasteiger partial charge in [0.25, 0.3) is 11.1 Å². The maximum atomic E-state index is 13.1. The number of carbonyl (C=O) groups is 3. The molecular formula is C30H25Cl2N3O3S. The van der Waals surface area contributed by atoms with Crippen LogP contribution in [0.4, 0.5) is 10.5 Å². The summed E-state index contributed by atoms with van der Waals surface area (Å²) in [6.45, 7) is 4.26. The number of carbonyl (C=O) groups excluding carboxylic acids is 3. The molecule has 39 heavy (non-hydrogen) atoms. The molecule has 0 aliphatic carbocycles. The number of para-hydroxylation sites is 1. The summed E-state index contributed by atoms with van der Waals surface area (Å²) in [6, 6.07) is 20.7. The second-order valence-corrected chi connectivity index (χ2v) is 11.3. The molecule has 9 heteroatoms. The lowest BCUT2D eigenvalue weighted by atomic mass is 10.0. The summed E-state index contributed by atoms with van der Waals surface area (Å²) in [7, 11) is 0. The minimum atomic E-state index is -0.499. The number of rotatable bonds is 7. The van der Waals surface area contributed by atoms with Crippen molar-refractivity contribution in [3.63, 3.8) is 0 Å². The highest BCUT2D eigenvalue weighted by atomic mass is 35.5. The average molecular weight is 579 g/mol. The van der Waals surface area contributed by atoms with Gasteiger partial charge in [-0.05, 0) is 59.7 Å². The van der Waals surface area contributed by atoms with E-state index in [0.29, 0.717) is 28.2 Å². The number of fused-ring (bicyclic) bond motifs is 1. The molecule has 1 aliphatic rings. The number of nitrogens with one attached hydrogen (secondary N) is 1. The SMILES string of the molecule is CC(C)c1ccc(NC(=O)CN2C(=O)S/C(=C\c3cn(Cc4c(Cl)cccc4Cl)c4ccccc34)C2=O)cc1. The summed E-state index contributed by atoms with van der Waals surface area (Å²) < 4.78 is 2.01. The molecule has 1 N–H and O–H groups in total. The van der Waals surface area contributed by atoms with Gasteiger partial charge in [-0.1, -0.05) is 73.4 Å². The number of amides is 3. The number of imide groups is 1. The Hall–Kier alpha value is -3.52. The van der Waals surface area contributed by atoms with Crippen molar-refractivity contribution >= 4 is 74.7 Å².